The van der Waals surface area contributed by atoms with E-state index in [0.29, 0.717) is 42.7 Å². The van der Waals surface area contributed by atoms with Crippen molar-refractivity contribution >= 4 is 5.91 Å². The SMILES string of the molecule is COCCOc1ccc(CNC(=O)c2ccccc2OCc2c(C)noc2C)cn1. The number of hydrogen-bond acceptors (Lipinski definition) is 7. The summed E-state index contributed by atoms with van der Waals surface area (Å²) >= 11 is 0. The third-order valence-electron chi connectivity index (χ3n) is 4.47. The molecule has 8 nitrogen and oxygen atoms in total. The largest absolute Gasteiger partial charge is 0.488 e. The van der Waals surface area contributed by atoms with Crippen molar-refractivity contribution in [3.8, 4) is 11.6 Å². The van der Waals surface area contributed by atoms with Crippen LogP contribution >= 0.6 is 0 Å². The number of pyridine rings is 1. The van der Waals surface area contributed by atoms with Gasteiger partial charge in [0.2, 0.25) is 5.88 Å². The average molecular weight is 411 g/mol. The van der Waals surface area contributed by atoms with E-state index in [2.05, 4.69) is 15.5 Å². The summed E-state index contributed by atoms with van der Waals surface area (Å²) in [7, 11) is 1.61. The number of hydrogen-bond donors (Lipinski definition) is 1. The molecule has 1 amide bonds. The summed E-state index contributed by atoms with van der Waals surface area (Å²) in [6.45, 7) is 5.23. The van der Waals surface area contributed by atoms with Crippen molar-refractivity contribution in [1.82, 2.24) is 15.5 Å². The molecule has 0 unspecified atom stereocenters. The topological polar surface area (TPSA) is 95.7 Å². The number of nitrogens with one attached hydrogen (secondary N) is 1. The Labute approximate surface area is 175 Å². The number of carbonyl (C=O) groups excluding carboxylic acids is 1. The molecule has 0 bridgehead atoms. The first kappa shape index (κ1) is 21.3. The maximum atomic E-state index is 12.7. The molecule has 3 rings (SSSR count). The molecule has 0 atom stereocenters. The zero-order chi connectivity index (χ0) is 21.3. The maximum Gasteiger partial charge on any atom is 0.255 e. The molecule has 1 N–H and O–H groups in total. The van der Waals surface area contributed by atoms with Crippen LogP contribution in [0.5, 0.6) is 11.6 Å². The summed E-state index contributed by atoms with van der Waals surface area (Å²) in [4.78, 5) is 16.9. The van der Waals surface area contributed by atoms with E-state index in [1.165, 1.54) is 0 Å². The first-order valence-corrected chi connectivity index (χ1v) is 9.57. The fourth-order valence-corrected chi connectivity index (χ4v) is 2.75. The minimum atomic E-state index is -0.232. The van der Waals surface area contributed by atoms with Crippen molar-refractivity contribution in [3.05, 3.63) is 70.7 Å². The third-order valence-corrected chi connectivity index (χ3v) is 4.47. The zero-order valence-electron chi connectivity index (χ0n) is 17.3. The molecule has 0 spiro atoms. The number of para-hydroxylation sites is 1. The van der Waals surface area contributed by atoms with E-state index in [-0.39, 0.29) is 12.5 Å². The van der Waals surface area contributed by atoms with Gasteiger partial charge in [-0.05, 0) is 31.5 Å². The van der Waals surface area contributed by atoms with Gasteiger partial charge in [-0.3, -0.25) is 4.79 Å². The van der Waals surface area contributed by atoms with Crippen molar-refractivity contribution in [2.45, 2.75) is 27.0 Å². The van der Waals surface area contributed by atoms with Crippen molar-refractivity contribution < 1.29 is 23.5 Å². The van der Waals surface area contributed by atoms with Gasteiger partial charge in [0.15, 0.2) is 0 Å². The number of nitrogens with zero attached hydrogens (tertiary/aromatic N) is 2. The van der Waals surface area contributed by atoms with Crippen molar-refractivity contribution in [2.24, 2.45) is 0 Å². The maximum absolute atomic E-state index is 12.7. The Bertz CT molecular complexity index is 950. The lowest BCUT2D eigenvalue weighted by atomic mass is 10.1. The van der Waals surface area contributed by atoms with Gasteiger partial charge in [0.25, 0.3) is 5.91 Å². The molecule has 0 saturated carbocycles. The van der Waals surface area contributed by atoms with Crippen LogP contribution in [0.4, 0.5) is 0 Å². The molecular weight excluding hydrogens is 386 g/mol. The number of aromatic nitrogens is 2. The molecule has 0 aliphatic carbocycles. The van der Waals surface area contributed by atoms with Crippen molar-refractivity contribution in [2.75, 3.05) is 20.3 Å². The predicted octanol–water partition coefficient (Wildman–Crippen LogP) is 3.22. The van der Waals surface area contributed by atoms with Crippen LogP contribution in [0.15, 0.2) is 47.1 Å². The van der Waals surface area contributed by atoms with Gasteiger partial charge in [-0.25, -0.2) is 4.98 Å². The number of carbonyl (C=O) groups is 1. The Hall–Kier alpha value is -3.39. The van der Waals surface area contributed by atoms with Gasteiger partial charge in [-0.1, -0.05) is 23.4 Å². The van der Waals surface area contributed by atoms with E-state index in [4.69, 9.17) is 18.7 Å². The molecule has 0 aliphatic rings. The lowest BCUT2D eigenvalue weighted by molar-refractivity contribution is 0.0946. The van der Waals surface area contributed by atoms with Gasteiger partial charge < -0.3 is 24.1 Å². The smallest absolute Gasteiger partial charge is 0.255 e. The van der Waals surface area contributed by atoms with Crippen LogP contribution in [0.2, 0.25) is 0 Å². The van der Waals surface area contributed by atoms with Gasteiger partial charge in [-0.2, -0.15) is 0 Å². The molecule has 30 heavy (non-hydrogen) atoms. The van der Waals surface area contributed by atoms with Crippen LogP contribution in [0.25, 0.3) is 0 Å². The summed E-state index contributed by atoms with van der Waals surface area (Å²) in [6.07, 6.45) is 1.67. The number of benzene rings is 1. The lowest BCUT2D eigenvalue weighted by Gasteiger charge is -2.12. The summed E-state index contributed by atoms with van der Waals surface area (Å²) < 4.78 is 21.4. The van der Waals surface area contributed by atoms with E-state index in [1.54, 1.807) is 37.6 Å². The average Bonchev–Trinajstić information content (AvgIpc) is 3.09. The second-order valence-corrected chi connectivity index (χ2v) is 6.62. The highest BCUT2D eigenvalue weighted by atomic mass is 16.5. The Balaban J connectivity index is 1.58. The zero-order valence-corrected chi connectivity index (χ0v) is 17.3. The third kappa shape index (κ3) is 5.57. The number of amides is 1. The Kier molecular flexibility index (Phi) is 7.40. The first-order valence-electron chi connectivity index (χ1n) is 9.57. The Morgan fingerprint density at radius 3 is 2.63 bits per heavy atom. The van der Waals surface area contributed by atoms with Crippen LogP contribution in [0.1, 0.15) is 32.9 Å². The first-order chi connectivity index (χ1) is 14.6. The van der Waals surface area contributed by atoms with Gasteiger partial charge in [-0.15, -0.1) is 0 Å². The van der Waals surface area contributed by atoms with Gasteiger partial charge in [0, 0.05) is 25.9 Å². The second kappa shape index (κ2) is 10.4. The van der Waals surface area contributed by atoms with Crippen LogP contribution in [0.3, 0.4) is 0 Å². The molecule has 0 saturated heterocycles. The molecule has 0 aliphatic heterocycles. The van der Waals surface area contributed by atoms with Gasteiger partial charge in [0.05, 0.1) is 23.4 Å². The quantitative estimate of drug-likeness (QED) is 0.512. The number of methoxy groups -OCH3 is 1. The molecule has 2 aromatic heterocycles. The molecular formula is C22H25N3O5. The summed E-state index contributed by atoms with van der Waals surface area (Å²) in [6, 6.07) is 10.7. The predicted molar refractivity (Wildman–Crippen MR) is 110 cm³/mol. The molecule has 3 aromatic rings. The highest BCUT2D eigenvalue weighted by Gasteiger charge is 2.15. The summed E-state index contributed by atoms with van der Waals surface area (Å²) in [5.41, 5.74) is 2.97. The van der Waals surface area contributed by atoms with Gasteiger partial charge >= 0.3 is 0 Å². The monoisotopic (exact) mass is 411 g/mol. The van der Waals surface area contributed by atoms with Crippen molar-refractivity contribution in [3.63, 3.8) is 0 Å². The van der Waals surface area contributed by atoms with E-state index >= 15 is 0 Å². The Morgan fingerprint density at radius 1 is 1.10 bits per heavy atom. The molecule has 8 heteroatoms. The van der Waals surface area contributed by atoms with Gasteiger partial charge in [0.1, 0.15) is 24.7 Å². The molecule has 158 valence electrons. The van der Waals surface area contributed by atoms with Crippen LogP contribution in [0, 0.1) is 13.8 Å². The minimum absolute atomic E-state index is 0.232. The summed E-state index contributed by atoms with van der Waals surface area (Å²) in [5, 5.41) is 6.81. The highest BCUT2D eigenvalue weighted by molar-refractivity contribution is 5.96. The van der Waals surface area contributed by atoms with E-state index in [0.717, 1.165) is 16.8 Å². The molecule has 0 radical (unpaired) electrons. The molecule has 1 aromatic carbocycles. The lowest BCUT2D eigenvalue weighted by Crippen LogP contribution is -2.23. The summed E-state index contributed by atoms with van der Waals surface area (Å²) in [5.74, 6) is 1.48. The van der Waals surface area contributed by atoms with Crippen molar-refractivity contribution in [1.29, 1.82) is 0 Å². The standard InChI is InChI=1S/C22H25N3O5/c1-15-19(16(2)30-25-15)14-29-20-7-5-4-6-18(20)22(26)24-13-17-8-9-21(23-12-17)28-11-10-27-3/h4-9,12H,10-11,13-14H2,1-3H3,(H,24,26). The minimum Gasteiger partial charge on any atom is -0.488 e. The molecule has 0 fully saturated rings. The second-order valence-electron chi connectivity index (χ2n) is 6.62. The Morgan fingerprint density at radius 2 is 1.93 bits per heavy atom. The van der Waals surface area contributed by atoms with E-state index in [1.807, 2.05) is 26.0 Å². The molecule has 2 heterocycles. The van der Waals surface area contributed by atoms with Crippen LogP contribution in [-0.2, 0) is 17.9 Å². The van der Waals surface area contributed by atoms with Crippen LogP contribution < -0.4 is 14.8 Å². The number of rotatable bonds is 10. The number of ether oxygens (including phenoxy) is 3. The van der Waals surface area contributed by atoms with E-state index in [9.17, 15) is 4.79 Å². The van der Waals surface area contributed by atoms with E-state index < -0.39 is 0 Å². The van der Waals surface area contributed by atoms with Crippen LogP contribution in [-0.4, -0.2) is 36.4 Å². The fraction of sp³-hybridized carbons (Fsp3) is 0.318. The normalized spacial score (nSPS) is 10.6. The highest BCUT2D eigenvalue weighted by Crippen LogP contribution is 2.21. The fourth-order valence-electron chi connectivity index (χ4n) is 2.75. The number of aryl methyl sites for hydroxylation is 2.